The van der Waals surface area contributed by atoms with Crippen LogP contribution < -0.4 is 4.74 Å². The smallest absolute Gasteiger partial charge is 0.342 e. The summed E-state index contributed by atoms with van der Waals surface area (Å²) < 4.78 is 10.5. The number of carbonyl (C=O) groups excluding carboxylic acids is 2. The zero-order valence-corrected chi connectivity index (χ0v) is 13.1. The summed E-state index contributed by atoms with van der Waals surface area (Å²) in [4.78, 5) is 26.0. The maximum absolute atomic E-state index is 12.3. The van der Waals surface area contributed by atoms with E-state index in [9.17, 15) is 9.59 Å². The molecular weight excluding hydrogens is 294 g/mol. The highest BCUT2D eigenvalue weighted by Crippen LogP contribution is 2.26. The van der Waals surface area contributed by atoms with Gasteiger partial charge < -0.3 is 14.4 Å². The van der Waals surface area contributed by atoms with Crippen LogP contribution in [0.5, 0.6) is 5.75 Å². The van der Waals surface area contributed by atoms with Gasteiger partial charge in [-0.3, -0.25) is 4.79 Å². The molecule has 0 bridgehead atoms. The largest absolute Gasteiger partial charge is 0.496 e. The number of amides is 1. The molecule has 2 aromatic carbocycles. The van der Waals surface area contributed by atoms with E-state index in [1.807, 2.05) is 24.3 Å². The molecule has 1 heterocycles. The molecule has 1 fully saturated rings. The minimum atomic E-state index is -0.542. The maximum atomic E-state index is 12.3. The lowest BCUT2D eigenvalue weighted by Crippen LogP contribution is -2.32. The number of rotatable bonds is 4. The fraction of sp³-hybridized carbons (Fsp3) is 0.333. The summed E-state index contributed by atoms with van der Waals surface area (Å²) in [6.07, 6.45) is 2.02. The van der Waals surface area contributed by atoms with Gasteiger partial charge in [-0.15, -0.1) is 0 Å². The molecule has 0 atom stereocenters. The number of likely N-dealkylation sites (tertiary alicyclic amines) is 1. The van der Waals surface area contributed by atoms with Gasteiger partial charge in [0.15, 0.2) is 6.61 Å². The molecular formula is C18H19NO4. The molecule has 1 aliphatic heterocycles. The summed E-state index contributed by atoms with van der Waals surface area (Å²) in [5.41, 5.74) is 0.334. The predicted octanol–water partition coefficient (Wildman–Crippen LogP) is 2.63. The van der Waals surface area contributed by atoms with Crippen LogP contribution >= 0.6 is 0 Å². The average Bonchev–Trinajstić information content (AvgIpc) is 3.12. The summed E-state index contributed by atoms with van der Waals surface area (Å²) >= 11 is 0. The number of carbonyl (C=O) groups is 2. The lowest BCUT2D eigenvalue weighted by molar-refractivity contribution is -0.133. The van der Waals surface area contributed by atoms with Crippen molar-refractivity contribution in [1.29, 1.82) is 0 Å². The van der Waals surface area contributed by atoms with Gasteiger partial charge in [0.05, 0.1) is 7.11 Å². The number of hydrogen-bond donors (Lipinski definition) is 0. The first-order chi connectivity index (χ1) is 11.2. The van der Waals surface area contributed by atoms with E-state index in [0.29, 0.717) is 11.3 Å². The van der Waals surface area contributed by atoms with E-state index in [1.165, 1.54) is 7.11 Å². The van der Waals surface area contributed by atoms with Crippen LogP contribution in [0.2, 0.25) is 0 Å². The van der Waals surface area contributed by atoms with Crippen molar-refractivity contribution in [3.05, 3.63) is 42.0 Å². The van der Waals surface area contributed by atoms with Gasteiger partial charge in [-0.1, -0.05) is 24.3 Å². The van der Waals surface area contributed by atoms with Crippen molar-refractivity contribution in [3.8, 4) is 5.75 Å². The lowest BCUT2D eigenvalue weighted by atomic mass is 10.1. The number of esters is 1. The lowest BCUT2D eigenvalue weighted by Gasteiger charge is -2.15. The van der Waals surface area contributed by atoms with Crippen molar-refractivity contribution in [3.63, 3.8) is 0 Å². The number of benzene rings is 2. The SMILES string of the molecule is COc1cc2ccccc2cc1C(=O)OCC(=O)N1CCCC1. The van der Waals surface area contributed by atoms with Crippen LogP contribution in [0.15, 0.2) is 36.4 Å². The Hall–Kier alpha value is -2.56. The average molecular weight is 313 g/mol. The van der Waals surface area contributed by atoms with Gasteiger partial charge in [0, 0.05) is 13.1 Å². The molecule has 5 nitrogen and oxygen atoms in total. The normalized spacial score (nSPS) is 14.0. The van der Waals surface area contributed by atoms with Gasteiger partial charge in [0.1, 0.15) is 11.3 Å². The standard InChI is InChI=1S/C18H19NO4/c1-22-16-11-14-7-3-2-6-13(14)10-15(16)18(21)23-12-17(20)19-8-4-5-9-19/h2-3,6-7,10-11H,4-5,8-9,12H2,1H3. The Labute approximate surface area is 134 Å². The van der Waals surface area contributed by atoms with Gasteiger partial charge in [0.2, 0.25) is 0 Å². The van der Waals surface area contributed by atoms with E-state index in [4.69, 9.17) is 9.47 Å². The number of ether oxygens (including phenoxy) is 2. The van der Waals surface area contributed by atoms with Gasteiger partial charge in [-0.05, 0) is 35.7 Å². The quantitative estimate of drug-likeness (QED) is 0.814. The molecule has 120 valence electrons. The highest BCUT2D eigenvalue weighted by molar-refractivity contribution is 5.99. The van der Waals surface area contributed by atoms with Crippen molar-refractivity contribution in [2.45, 2.75) is 12.8 Å². The fourth-order valence-electron chi connectivity index (χ4n) is 2.81. The van der Waals surface area contributed by atoms with Crippen molar-refractivity contribution >= 4 is 22.6 Å². The van der Waals surface area contributed by atoms with Crippen molar-refractivity contribution in [2.75, 3.05) is 26.8 Å². The molecule has 1 amide bonds. The molecule has 0 radical (unpaired) electrons. The van der Waals surface area contributed by atoms with Crippen LogP contribution in [-0.2, 0) is 9.53 Å². The molecule has 1 aliphatic rings. The third-order valence-corrected chi connectivity index (χ3v) is 4.07. The Kier molecular flexibility index (Phi) is 4.46. The molecule has 0 unspecified atom stereocenters. The molecule has 5 heteroatoms. The van der Waals surface area contributed by atoms with Crippen LogP contribution in [0.25, 0.3) is 10.8 Å². The van der Waals surface area contributed by atoms with E-state index < -0.39 is 5.97 Å². The maximum Gasteiger partial charge on any atom is 0.342 e. The topological polar surface area (TPSA) is 55.8 Å². The third kappa shape index (κ3) is 3.28. The van der Waals surface area contributed by atoms with E-state index in [1.54, 1.807) is 17.0 Å². The number of methoxy groups -OCH3 is 1. The monoisotopic (exact) mass is 313 g/mol. The zero-order valence-electron chi connectivity index (χ0n) is 13.1. The first-order valence-electron chi connectivity index (χ1n) is 7.71. The number of fused-ring (bicyclic) bond motifs is 1. The summed E-state index contributed by atoms with van der Waals surface area (Å²) in [7, 11) is 1.51. The second-order valence-electron chi connectivity index (χ2n) is 5.56. The van der Waals surface area contributed by atoms with Crippen LogP contribution in [0.4, 0.5) is 0 Å². The second kappa shape index (κ2) is 6.69. The van der Waals surface area contributed by atoms with E-state index in [-0.39, 0.29) is 12.5 Å². The Morgan fingerprint density at radius 1 is 1.09 bits per heavy atom. The van der Waals surface area contributed by atoms with E-state index >= 15 is 0 Å². The summed E-state index contributed by atoms with van der Waals surface area (Å²) in [6.45, 7) is 1.26. The Morgan fingerprint density at radius 2 is 1.74 bits per heavy atom. The summed E-state index contributed by atoms with van der Waals surface area (Å²) in [5.74, 6) is -0.238. The van der Waals surface area contributed by atoms with Crippen LogP contribution in [0, 0.1) is 0 Å². The van der Waals surface area contributed by atoms with Gasteiger partial charge >= 0.3 is 5.97 Å². The van der Waals surface area contributed by atoms with Crippen LogP contribution in [0.1, 0.15) is 23.2 Å². The molecule has 3 rings (SSSR count). The van der Waals surface area contributed by atoms with Crippen LogP contribution in [0.3, 0.4) is 0 Å². The van der Waals surface area contributed by atoms with Crippen LogP contribution in [-0.4, -0.2) is 43.6 Å². The molecule has 0 spiro atoms. The number of nitrogens with zero attached hydrogens (tertiary/aromatic N) is 1. The molecule has 2 aromatic rings. The van der Waals surface area contributed by atoms with E-state index in [0.717, 1.165) is 36.7 Å². The highest BCUT2D eigenvalue weighted by atomic mass is 16.5. The second-order valence-corrected chi connectivity index (χ2v) is 5.56. The minimum absolute atomic E-state index is 0.143. The fourth-order valence-corrected chi connectivity index (χ4v) is 2.81. The summed E-state index contributed by atoms with van der Waals surface area (Å²) in [5, 5.41) is 1.90. The molecule has 0 N–H and O–H groups in total. The van der Waals surface area contributed by atoms with Crippen molar-refractivity contribution < 1.29 is 19.1 Å². The Bertz CT molecular complexity index is 735. The van der Waals surface area contributed by atoms with Crippen molar-refractivity contribution in [2.24, 2.45) is 0 Å². The number of hydrogen-bond acceptors (Lipinski definition) is 4. The Morgan fingerprint density at radius 3 is 2.39 bits per heavy atom. The highest BCUT2D eigenvalue weighted by Gasteiger charge is 2.21. The molecule has 0 aliphatic carbocycles. The first-order valence-corrected chi connectivity index (χ1v) is 7.71. The first kappa shape index (κ1) is 15.3. The van der Waals surface area contributed by atoms with E-state index in [2.05, 4.69) is 0 Å². The van der Waals surface area contributed by atoms with Gasteiger partial charge in [0.25, 0.3) is 5.91 Å². The molecule has 1 saturated heterocycles. The zero-order chi connectivity index (χ0) is 16.2. The molecule has 0 aromatic heterocycles. The summed E-state index contributed by atoms with van der Waals surface area (Å²) in [6, 6.07) is 11.2. The molecule has 23 heavy (non-hydrogen) atoms. The third-order valence-electron chi connectivity index (χ3n) is 4.07. The molecule has 0 saturated carbocycles. The predicted molar refractivity (Wildman–Crippen MR) is 86.6 cm³/mol. The van der Waals surface area contributed by atoms with Gasteiger partial charge in [-0.2, -0.15) is 0 Å². The minimum Gasteiger partial charge on any atom is -0.496 e. The Balaban J connectivity index is 1.75. The van der Waals surface area contributed by atoms with Gasteiger partial charge in [-0.25, -0.2) is 4.79 Å². The van der Waals surface area contributed by atoms with Crippen molar-refractivity contribution in [1.82, 2.24) is 4.90 Å².